The molecule has 0 aliphatic carbocycles. The number of pyridine rings is 1. The van der Waals surface area contributed by atoms with E-state index in [1.165, 1.54) is 0 Å². The fourth-order valence-electron chi connectivity index (χ4n) is 1.97. The van der Waals surface area contributed by atoms with Crippen molar-refractivity contribution in [2.24, 2.45) is 0 Å². The van der Waals surface area contributed by atoms with E-state index in [1.807, 2.05) is 50.5 Å². The van der Waals surface area contributed by atoms with Crippen LogP contribution >= 0.6 is 0 Å². The van der Waals surface area contributed by atoms with E-state index in [1.54, 1.807) is 6.20 Å². The average Bonchev–Trinajstić information content (AvgIpc) is 2.47. The second-order valence-corrected chi connectivity index (χ2v) is 4.28. The highest BCUT2D eigenvalue weighted by Crippen LogP contribution is 2.20. The maximum atomic E-state index is 9.12. The molecular weight excluding hydrogens is 236 g/mol. The Morgan fingerprint density at radius 3 is 2.84 bits per heavy atom. The summed E-state index contributed by atoms with van der Waals surface area (Å²) in [5.74, 6) is 0.847. The van der Waals surface area contributed by atoms with Gasteiger partial charge in [-0.25, -0.2) is 4.98 Å². The highest BCUT2D eigenvalue weighted by Gasteiger charge is 2.07. The Hall–Kier alpha value is -2.54. The Balaban J connectivity index is 2.21. The third-order valence-electron chi connectivity index (χ3n) is 2.94. The molecule has 4 nitrogen and oxygen atoms in total. The highest BCUT2D eigenvalue weighted by molar-refractivity contribution is 5.59. The van der Waals surface area contributed by atoms with Crippen LogP contribution in [0.5, 0.6) is 0 Å². The third kappa shape index (κ3) is 3.02. The first kappa shape index (κ1) is 12.9. The van der Waals surface area contributed by atoms with Crippen molar-refractivity contribution < 1.29 is 0 Å². The van der Waals surface area contributed by atoms with Gasteiger partial charge in [-0.2, -0.15) is 5.26 Å². The second-order valence-electron chi connectivity index (χ2n) is 4.28. The zero-order valence-corrected chi connectivity index (χ0v) is 11.1. The number of anilines is 2. The molecule has 0 aliphatic rings. The van der Waals surface area contributed by atoms with Crippen LogP contribution in [0.25, 0.3) is 0 Å². The van der Waals surface area contributed by atoms with E-state index in [9.17, 15) is 0 Å². The molecule has 1 aromatic carbocycles. The molecule has 0 fully saturated rings. The molecule has 2 aromatic rings. The molecule has 1 aromatic heterocycles. The number of nitrogens with zero attached hydrogens (tertiary/aromatic N) is 3. The van der Waals surface area contributed by atoms with Crippen LogP contribution in [0.4, 0.5) is 11.5 Å². The van der Waals surface area contributed by atoms with Crippen LogP contribution in [0.1, 0.15) is 11.1 Å². The maximum absolute atomic E-state index is 9.12. The minimum Gasteiger partial charge on any atom is -0.373 e. The summed E-state index contributed by atoms with van der Waals surface area (Å²) in [6, 6.07) is 13.8. The summed E-state index contributed by atoms with van der Waals surface area (Å²) < 4.78 is 0. The topological polar surface area (TPSA) is 52.0 Å². The Bertz CT molecular complexity index is 601. The van der Waals surface area contributed by atoms with E-state index in [2.05, 4.69) is 21.3 Å². The number of para-hydroxylation sites is 1. The van der Waals surface area contributed by atoms with Crippen molar-refractivity contribution in [2.75, 3.05) is 24.3 Å². The molecule has 0 bridgehead atoms. The molecule has 0 unspecified atom stereocenters. The van der Waals surface area contributed by atoms with Gasteiger partial charge in [-0.1, -0.05) is 12.1 Å². The van der Waals surface area contributed by atoms with Gasteiger partial charge in [-0.05, 0) is 29.8 Å². The standard InChI is InChI=1S/C15H16N4/c1-17-15-9-12(7-8-18-15)11-19(2)14-6-4-3-5-13(14)10-16/h3-9H,11H2,1-2H3,(H,17,18). The Morgan fingerprint density at radius 1 is 1.32 bits per heavy atom. The van der Waals surface area contributed by atoms with Crippen molar-refractivity contribution in [2.45, 2.75) is 6.54 Å². The molecule has 0 radical (unpaired) electrons. The van der Waals surface area contributed by atoms with Crippen LogP contribution in [0.3, 0.4) is 0 Å². The summed E-state index contributed by atoms with van der Waals surface area (Å²) in [6.45, 7) is 0.732. The molecule has 0 atom stereocenters. The normalized spacial score (nSPS) is 9.74. The lowest BCUT2D eigenvalue weighted by Gasteiger charge is -2.20. The Kier molecular flexibility index (Phi) is 3.99. The van der Waals surface area contributed by atoms with E-state index in [0.29, 0.717) is 5.56 Å². The fraction of sp³-hybridized carbons (Fsp3) is 0.200. The minimum atomic E-state index is 0.688. The number of hydrogen-bond donors (Lipinski definition) is 1. The molecule has 19 heavy (non-hydrogen) atoms. The molecule has 1 N–H and O–H groups in total. The van der Waals surface area contributed by atoms with Crippen LogP contribution in [0.15, 0.2) is 42.6 Å². The lowest BCUT2D eigenvalue weighted by molar-refractivity contribution is 0.918. The number of rotatable bonds is 4. The quantitative estimate of drug-likeness (QED) is 0.908. The van der Waals surface area contributed by atoms with Gasteiger partial charge >= 0.3 is 0 Å². The van der Waals surface area contributed by atoms with E-state index >= 15 is 0 Å². The smallest absolute Gasteiger partial charge is 0.125 e. The van der Waals surface area contributed by atoms with Crippen LogP contribution in [-0.4, -0.2) is 19.1 Å². The van der Waals surface area contributed by atoms with Gasteiger partial charge in [0, 0.05) is 26.8 Å². The van der Waals surface area contributed by atoms with Crippen molar-refractivity contribution in [3.63, 3.8) is 0 Å². The number of nitriles is 1. The summed E-state index contributed by atoms with van der Waals surface area (Å²) in [5.41, 5.74) is 2.77. The predicted octanol–water partition coefficient (Wildman–Crippen LogP) is 2.63. The molecule has 0 saturated carbocycles. The van der Waals surface area contributed by atoms with Gasteiger partial charge in [0.15, 0.2) is 0 Å². The summed E-state index contributed by atoms with van der Waals surface area (Å²) in [4.78, 5) is 6.25. The van der Waals surface area contributed by atoms with E-state index in [0.717, 1.165) is 23.6 Å². The predicted molar refractivity (Wildman–Crippen MR) is 77.0 cm³/mol. The van der Waals surface area contributed by atoms with Gasteiger partial charge in [-0.3, -0.25) is 0 Å². The van der Waals surface area contributed by atoms with E-state index in [4.69, 9.17) is 5.26 Å². The van der Waals surface area contributed by atoms with Crippen molar-refractivity contribution in [1.82, 2.24) is 4.98 Å². The Morgan fingerprint density at radius 2 is 2.11 bits per heavy atom. The largest absolute Gasteiger partial charge is 0.373 e. The molecule has 1 heterocycles. The minimum absolute atomic E-state index is 0.688. The number of aromatic nitrogens is 1. The van der Waals surface area contributed by atoms with Crippen LogP contribution in [0.2, 0.25) is 0 Å². The second kappa shape index (κ2) is 5.87. The van der Waals surface area contributed by atoms with Crippen LogP contribution < -0.4 is 10.2 Å². The summed E-state index contributed by atoms with van der Waals surface area (Å²) in [6.07, 6.45) is 1.78. The lowest BCUT2D eigenvalue weighted by Crippen LogP contribution is -2.17. The fourth-order valence-corrected chi connectivity index (χ4v) is 1.97. The molecule has 0 aliphatic heterocycles. The van der Waals surface area contributed by atoms with E-state index < -0.39 is 0 Å². The first-order valence-electron chi connectivity index (χ1n) is 6.07. The van der Waals surface area contributed by atoms with Gasteiger partial charge in [0.25, 0.3) is 0 Å². The SMILES string of the molecule is CNc1cc(CN(C)c2ccccc2C#N)ccn1. The van der Waals surface area contributed by atoms with Gasteiger partial charge in [0.05, 0.1) is 11.3 Å². The van der Waals surface area contributed by atoms with Crippen molar-refractivity contribution in [3.8, 4) is 6.07 Å². The molecule has 4 heteroatoms. The lowest BCUT2D eigenvalue weighted by atomic mass is 10.1. The number of hydrogen-bond acceptors (Lipinski definition) is 4. The van der Waals surface area contributed by atoms with Gasteiger partial charge in [0.2, 0.25) is 0 Å². The maximum Gasteiger partial charge on any atom is 0.125 e. The molecule has 2 rings (SSSR count). The number of nitrogens with one attached hydrogen (secondary N) is 1. The average molecular weight is 252 g/mol. The first-order chi connectivity index (χ1) is 9.24. The van der Waals surface area contributed by atoms with Crippen LogP contribution in [0, 0.1) is 11.3 Å². The van der Waals surface area contributed by atoms with Crippen LogP contribution in [-0.2, 0) is 6.54 Å². The monoisotopic (exact) mass is 252 g/mol. The van der Waals surface area contributed by atoms with Gasteiger partial charge in [-0.15, -0.1) is 0 Å². The molecule has 0 amide bonds. The van der Waals surface area contributed by atoms with Crippen molar-refractivity contribution in [3.05, 3.63) is 53.7 Å². The van der Waals surface area contributed by atoms with Crippen molar-refractivity contribution >= 4 is 11.5 Å². The third-order valence-corrected chi connectivity index (χ3v) is 2.94. The Labute approximate surface area is 113 Å². The molecular formula is C15H16N4. The van der Waals surface area contributed by atoms with E-state index in [-0.39, 0.29) is 0 Å². The summed E-state index contributed by atoms with van der Waals surface area (Å²) in [7, 11) is 3.83. The zero-order chi connectivity index (χ0) is 13.7. The molecule has 0 spiro atoms. The molecule has 0 saturated heterocycles. The highest BCUT2D eigenvalue weighted by atomic mass is 15.1. The molecule has 96 valence electrons. The van der Waals surface area contributed by atoms with Crippen molar-refractivity contribution in [1.29, 1.82) is 5.26 Å². The summed E-state index contributed by atoms with van der Waals surface area (Å²) in [5, 5.41) is 12.1. The zero-order valence-electron chi connectivity index (χ0n) is 11.1. The summed E-state index contributed by atoms with van der Waals surface area (Å²) >= 11 is 0. The first-order valence-corrected chi connectivity index (χ1v) is 6.07. The number of benzene rings is 1. The van der Waals surface area contributed by atoms with Gasteiger partial charge in [0.1, 0.15) is 11.9 Å². The van der Waals surface area contributed by atoms with Gasteiger partial charge < -0.3 is 10.2 Å².